The molecule has 0 spiro atoms. The SMILES string of the molecule is COC(=O)/C(C)=C/C=C/C=C(C)/C=C/C=C(C)/C=C/[C@@H]1C(C)=CC(=O)CC1(C)C. The van der Waals surface area contributed by atoms with Crippen LogP contribution in [0.5, 0.6) is 0 Å². The minimum Gasteiger partial charge on any atom is -0.466 e. The lowest BCUT2D eigenvalue weighted by atomic mass is 9.68. The van der Waals surface area contributed by atoms with Gasteiger partial charge in [-0.05, 0) is 39.2 Å². The van der Waals surface area contributed by atoms with Crippen LogP contribution in [-0.4, -0.2) is 18.9 Å². The summed E-state index contributed by atoms with van der Waals surface area (Å²) in [6, 6.07) is 0. The fourth-order valence-corrected chi connectivity index (χ4v) is 3.33. The summed E-state index contributed by atoms with van der Waals surface area (Å²) >= 11 is 0. The summed E-state index contributed by atoms with van der Waals surface area (Å²) in [4.78, 5) is 23.1. The van der Waals surface area contributed by atoms with Crippen molar-refractivity contribution in [2.45, 2.75) is 48.0 Å². The minimum absolute atomic E-state index is 0.0468. The van der Waals surface area contributed by atoms with E-state index in [2.05, 4.69) is 43.7 Å². The Labute approximate surface area is 175 Å². The number of rotatable bonds is 7. The van der Waals surface area contributed by atoms with Gasteiger partial charge in [-0.3, -0.25) is 4.79 Å². The Morgan fingerprint density at radius 3 is 2.24 bits per heavy atom. The van der Waals surface area contributed by atoms with E-state index >= 15 is 0 Å². The van der Waals surface area contributed by atoms with E-state index in [1.54, 1.807) is 19.1 Å². The normalized spacial score (nSPS) is 21.3. The van der Waals surface area contributed by atoms with Crippen molar-refractivity contribution in [2.75, 3.05) is 7.11 Å². The van der Waals surface area contributed by atoms with Gasteiger partial charge in [0.25, 0.3) is 0 Å². The molecular weight excluding hydrogens is 360 g/mol. The molecule has 0 saturated carbocycles. The fraction of sp³-hybridized carbons (Fsp3) is 0.385. The lowest BCUT2D eigenvalue weighted by Gasteiger charge is -2.35. The highest BCUT2D eigenvalue weighted by molar-refractivity contribution is 5.92. The Balaban J connectivity index is 2.71. The second-order valence-corrected chi connectivity index (χ2v) is 8.26. The van der Waals surface area contributed by atoms with Gasteiger partial charge in [-0.2, -0.15) is 0 Å². The highest BCUT2D eigenvalue weighted by atomic mass is 16.5. The fourth-order valence-electron chi connectivity index (χ4n) is 3.33. The van der Waals surface area contributed by atoms with Crippen molar-refractivity contribution < 1.29 is 14.3 Å². The van der Waals surface area contributed by atoms with Crippen molar-refractivity contribution in [1.82, 2.24) is 0 Å². The second-order valence-electron chi connectivity index (χ2n) is 8.26. The van der Waals surface area contributed by atoms with Gasteiger partial charge >= 0.3 is 5.97 Å². The highest BCUT2D eigenvalue weighted by Gasteiger charge is 2.34. The van der Waals surface area contributed by atoms with E-state index in [0.29, 0.717) is 12.0 Å². The second kappa shape index (κ2) is 11.4. The molecule has 3 nitrogen and oxygen atoms in total. The molecule has 1 rings (SSSR count). The Morgan fingerprint density at radius 1 is 1.03 bits per heavy atom. The van der Waals surface area contributed by atoms with Crippen LogP contribution < -0.4 is 0 Å². The molecular formula is C26H34O3. The molecule has 1 aliphatic carbocycles. The van der Waals surface area contributed by atoms with Crippen LogP contribution >= 0.6 is 0 Å². The molecule has 0 unspecified atom stereocenters. The van der Waals surface area contributed by atoms with Crippen LogP contribution in [0.3, 0.4) is 0 Å². The lowest BCUT2D eigenvalue weighted by molar-refractivity contribution is -0.136. The number of carbonyl (C=O) groups excluding carboxylic acids is 2. The third-order valence-corrected chi connectivity index (χ3v) is 4.94. The molecule has 0 radical (unpaired) electrons. The largest absolute Gasteiger partial charge is 0.466 e. The molecule has 0 aromatic heterocycles. The van der Waals surface area contributed by atoms with Gasteiger partial charge in [0.1, 0.15) is 0 Å². The van der Waals surface area contributed by atoms with E-state index in [1.165, 1.54) is 7.11 Å². The van der Waals surface area contributed by atoms with Gasteiger partial charge in [-0.1, -0.05) is 85.3 Å². The van der Waals surface area contributed by atoms with Gasteiger partial charge < -0.3 is 4.74 Å². The van der Waals surface area contributed by atoms with Gasteiger partial charge in [0.05, 0.1) is 7.11 Å². The van der Waals surface area contributed by atoms with Crippen LogP contribution in [0.2, 0.25) is 0 Å². The van der Waals surface area contributed by atoms with Crippen molar-refractivity contribution >= 4 is 11.8 Å². The molecule has 0 saturated heterocycles. The maximum Gasteiger partial charge on any atom is 0.333 e. The van der Waals surface area contributed by atoms with Gasteiger partial charge in [0.2, 0.25) is 0 Å². The standard InChI is InChI=1S/C26H34O3/c1-19(11-8-9-14-21(3)25(28)29-7)12-10-13-20(2)15-16-24-22(4)17-23(27)18-26(24,5)6/h8-17,24H,18H2,1-7H3/b9-8+,12-10+,16-15+,19-11+,20-13+,21-14+/t24-/m1/s1. The number of hydrogen-bond acceptors (Lipinski definition) is 3. The lowest BCUT2D eigenvalue weighted by Crippen LogP contribution is -2.30. The number of ketones is 1. The zero-order chi connectivity index (χ0) is 22.0. The van der Waals surface area contributed by atoms with Crippen LogP contribution in [0.15, 0.2) is 83.1 Å². The summed E-state index contributed by atoms with van der Waals surface area (Å²) < 4.78 is 4.65. The van der Waals surface area contributed by atoms with E-state index in [9.17, 15) is 9.59 Å². The maximum atomic E-state index is 11.8. The molecule has 156 valence electrons. The molecule has 0 N–H and O–H groups in total. The quantitative estimate of drug-likeness (QED) is 0.292. The molecule has 0 aromatic carbocycles. The molecule has 0 bridgehead atoms. The van der Waals surface area contributed by atoms with Crippen molar-refractivity contribution in [1.29, 1.82) is 0 Å². The van der Waals surface area contributed by atoms with Gasteiger partial charge in [0.15, 0.2) is 5.78 Å². The van der Waals surface area contributed by atoms with Gasteiger partial charge in [0, 0.05) is 17.9 Å². The molecule has 0 amide bonds. The van der Waals surface area contributed by atoms with Crippen LogP contribution in [0.1, 0.15) is 48.0 Å². The molecule has 1 atom stereocenters. The summed E-state index contributed by atoms with van der Waals surface area (Å²) in [5.41, 5.74) is 3.90. The predicted octanol–water partition coefficient (Wildman–Crippen LogP) is 6.23. The van der Waals surface area contributed by atoms with Crippen LogP contribution in [0.4, 0.5) is 0 Å². The Bertz CT molecular complexity index is 824. The monoisotopic (exact) mass is 394 g/mol. The molecule has 0 fully saturated rings. The number of ether oxygens (including phenoxy) is 1. The zero-order valence-corrected chi connectivity index (χ0v) is 18.8. The Kier molecular flexibility index (Phi) is 9.54. The molecule has 0 heterocycles. The van der Waals surface area contributed by atoms with Crippen molar-refractivity contribution in [3.8, 4) is 0 Å². The van der Waals surface area contributed by atoms with Gasteiger partial charge in [-0.15, -0.1) is 0 Å². The first kappa shape index (κ1) is 24.4. The van der Waals surface area contributed by atoms with E-state index in [4.69, 9.17) is 0 Å². The molecule has 1 aliphatic rings. The first-order valence-electron chi connectivity index (χ1n) is 9.91. The first-order valence-corrected chi connectivity index (χ1v) is 9.91. The third kappa shape index (κ3) is 8.47. The minimum atomic E-state index is -0.321. The number of hydrogen-bond donors (Lipinski definition) is 0. The van der Waals surface area contributed by atoms with Gasteiger partial charge in [-0.25, -0.2) is 4.79 Å². The molecule has 29 heavy (non-hydrogen) atoms. The summed E-state index contributed by atoms with van der Waals surface area (Å²) in [6.07, 6.45) is 20.2. The van der Waals surface area contributed by atoms with Crippen LogP contribution in [0.25, 0.3) is 0 Å². The summed E-state index contributed by atoms with van der Waals surface area (Å²) in [6.45, 7) is 12.2. The third-order valence-electron chi connectivity index (χ3n) is 4.94. The van der Waals surface area contributed by atoms with E-state index in [-0.39, 0.29) is 23.1 Å². The molecule has 0 aliphatic heterocycles. The van der Waals surface area contributed by atoms with E-state index < -0.39 is 0 Å². The zero-order valence-electron chi connectivity index (χ0n) is 18.8. The predicted molar refractivity (Wildman–Crippen MR) is 121 cm³/mol. The number of allylic oxidation sites excluding steroid dienone is 13. The average molecular weight is 395 g/mol. The Hall–Kier alpha value is -2.68. The first-order chi connectivity index (χ1) is 13.6. The van der Waals surface area contributed by atoms with Crippen molar-refractivity contribution in [3.63, 3.8) is 0 Å². The van der Waals surface area contributed by atoms with E-state index in [0.717, 1.165) is 16.7 Å². The molecule has 0 aromatic rings. The van der Waals surface area contributed by atoms with E-state index in [1.807, 2.05) is 44.2 Å². The smallest absolute Gasteiger partial charge is 0.333 e. The molecule has 3 heteroatoms. The topological polar surface area (TPSA) is 43.4 Å². The van der Waals surface area contributed by atoms with Crippen molar-refractivity contribution in [2.24, 2.45) is 11.3 Å². The summed E-state index contributed by atoms with van der Waals surface area (Å²) in [5, 5.41) is 0. The van der Waals surface area contributed by atoms with Crippen LogP contribution in [0, 0.1) is 11.3 Å². The number of methoxy groups -OCH3 is 1. The number of carbonyl (C=O) groups is 2. The van der Waals surface area contributed by atoms with Crippen molar-refractivity contribution in [3.05, 3.63) is 83.1 Å². The summed E-state index contributed by atoms with van der Waals surface area (Å²) in [5.74, 6) is 0.179. The highest BCUT2D eigenvalue weighted by Crippen LogP contribution is 2.40. The summed E-state index contributed by atoms with van der Waals surface area (Å²) in [7, 11) is 1.37. The Morgan fingerprint density at radius 2 is 1.62 bits per heavy atom. The maximum absolute atomic E-state index is 11.8. The van der Waals surface area contributed by atoms with Crippen LogP contribution in [-0.2, 0) is 14.3 Å². The average Bonchev–Trinajstić information content (AvgIpc) is 2.62. The number of esters is 1.